The van der Waals surface area contributed by atoms with Crippen LogP contribution in [-0.2, 0) is 11.2 Å². The van der Waals surface area contributed by atoms with Crippen molar-refractivity contribution in [1.82, 2.24) is 10.6 Å². The Bertz CT molecular complexity index is 602. The molecule has 0 bridgehead atoms. The Morgan fingerprint density at radius 2 is 2.07 bits per heavy atom. The van der Waals surface area contributed by atoms with Gasteiger partial charge in [-0.1, -0.05) is 32.9 Å². The smallest absolute Gasteiger partial charge is 0.190 e. The van der Waals surface area contributed by atoms with E-state index in [4.69, 9.17) is 9.47 Å². The lowest BCUT2D eigenvalue weighted by atomic mass is 9.78. The maximum atomic E-state index is 6.08. The van der Waals surface area contributed by atoms with Crippen molar-refractivity contribution >= 4 is 29.9 Å². The fourth-order valence-corrected chi connectivity index (χ4v) is 3.79. The predicted molar refractivity (Wildman–Crippen MR) is 128 cm³/mol. The number of rotatable bonds is 7. The standard InChI is InChI=1S/C22H37N3O2.HI/c1-22(2,3)20-18(11-8-14-27-20)16-25-21(23-4)24-13-7-10-17-9-6-12-19(15-17)26-5;/h6,9,12,15,18,20H,7-8,10-11,13-14,16H2,1-5H3,(H2,23,24,25);1H. The van der Waals surface area contributed by atoms with Gasteiger partial charge >= 0.3 is 0 Å². The van der Waals surface area contributed by atoms with E-state index in [-0.39, 0.29) is 29.4 Å². The Balaban J connectivity index is 0.00000392. The molecule has 0 aliphatic carbocycles. The lowest BCUT2D eigenvalue weighted by molar-refractivity contribution is -0.0835. The van der Waals surface area contributed by atoms with Gasteiger partial charge in [0.15, 0.2) is 5.96 Å². The van der Waals surface area contributed by atoms with Crippen LogP contribution in [0.5, 0.6) is 5.75 Å². The topological polar surface area (TPSA) is 54.9 Å². The molecule has 1 saturated heterocycles. The average molecular weight is 503 g/mol. The number of hydrogen-bond acceptors (Lipinski definition) is 3. The average Bonchev–Trinajstić information content (AvgIpc) is 2.67. The van der Waals surface area contributed by atoms with E-state index in [0.717, 1.165) is 50.7 Å². The molecule has 1 fully saturated rings. The fourth-order valence-electron chi connectivity index (χ4n) is 3.79. The van der Waals surface area contributed by atoms with Gasteiger partial charge in [-0.2, -0.15) is 0 Å². The number of methoxy groups -OCH3 is 1. The van der Waals surface area contributed by atoms with Gasteiger partial charge in [0, 0.05) is 32.7 Å². The molecular formula is C22H38IN3O2. The van der Waals surface area contributed by atoms with Gasteiger partial charge in [0.2, 0.25) is 0 Å². The minimum Gasteiger partial charge on any atom is -0.497 e. The second-order valence-electron chi connectivity index (χ2n) is 8.39. The van der Waals surface area contributed by atoms with Crippen molar-refractivity contribution in [2.24, 2.45) is 16.3 Å². The maximum Gasteiger partial charge on any atom is 0.190 e. The van der Waals surface area contributed by atoms with Crippen molar-refractivity contribution in [2.75, 3.05) is 33.9 Å². The highest BCUT2D eigenvalue weighted by atomic mass is 127. The monoisotopic (exact) mass is 503 g/mol. The molecule has 1 heterocycles. The molecule has 0 saturated carbocycles. The van der Waals surface area contributed by atoms with E-state index < -0.39 is 0 Å². The van der Waals surface area contributed by atoms with Gasteiger partial charge in [0.05, 0.1) is 13.2 Å². The summed E-state index contributed by atoms with van der Waals surface area (Å²) in [6, 6.07) is 8.27. The van der Waals surface area contributed by atoms with Gasteiger partial charge in [-0.25, -0.2) is 0 Å². The van der Waals surface area contributed by atoms with Crippen LogP contribution in [0, 0.1) is 11.3 Å². The summed E-state index contributed by atoms with van der Waals surface area (Å²) < 4.78 is 11.4. The molecule has 2 atom stereocenters. The lowest BCUT2D eigenvalue weighted by Gasteiger charge is -2.40. The number of nitrogens with zero attached hydrogens (tertiary/aromatic N) is 1. The highest BCUT2D eigenvalue weighted by molar-refractivity contribution is 14.0. The molecule has 28 heavy (non-hydrogen) atoms. The summed E-state index contributed by atoms with van der Waals surface area (Å²) in [4.78, 5) is 4.37. The zero-order valence-corrected chi connectivity index (χ0v) is 20.4. The zero-order chi connectivity index (χ0) is 19.7. The van der Waals surface area contributed by atoms with E-state index in [9.17, 15) is 0 Å². The van der Waals surface area contributed by atoms with Crippen molar-refractivity contribution in [2.45, 2.75) is 52.6 Å². The second kappa shape index (κ2) is 12.5. The molecule has 1 aliphatic rings. The van der Waals surface area contributed by atoms with E-state index in [1.807, 2.05) is 19.2 Å². The summed E-state index contributed by atoms with van der Waals surface area (Å²) in [7, 11) is 3.54. The van der Waals surface area contributed by atoms with Gasteiger partial charge in [0.1, 0.15) is 5.75 Å². The number of aryl methyl sites for hydroxylation is 1. The van der Waals surface area contributed by atoms with Gasteiger partial charge in [-0.15, -0.1) is 24.0 Å². The van der Waals surface area contributed by atoms with Crippen molar-refractivity contribution in [1.29, 1.82) is 0 Å². The van der Waals surface area contributed by atoms with Crippen LogP contribution >= 0.6 is 24.0 Å². The summed E-state index contributed by atoms with van der Waals surface area (Å²) in [5, 5.41) is 6.93. The third-order valence-corrected chi connectivity index (χ3v) is 5.12. The van der Waals surface area contributed by atoms with E-state index in [1.54, 1.807) is 7.11 Å². The molecule has 2 unspecified atom stereocenters. The Kier molecular flexibility index (Phi) is 11.2. The minimum absolute atomic E-state index is 0. The van der Waals surface area contributed by atoms with Gasteiger partial charge in [0.25, 0.3) is 0 Å². The minimum atomic E-state index is 0. The summed E-state index contributed by atoms with van der Waals surface area (Å²) in [6.45, 7) is 9.47. The SMILES string of the molecule is CN=C(NCCCc1cccc(OC)c1)NCC1CCCOC1C(C)(C)C.I. The first-order valence-corrected chi connectivity index (χ1v) is 10.1. The first-order chi connectivity index (χ1) is 12.9. The van der Waals surface area contributed by atoms with Crippen LogP contribution in [-0.4, -0.2) is 45.9 Å². The molecule has 0 aromatic heterocycles. The van der Waals surface area contributed by atoms with E-state index >= 15 is 0 Å². The summed E-state index contributed by atoms with van der Waals surface area (Å²) in [5.74, 6) is 2.31. The normalized spacial score (nSPS) is 20.2. The van der Waals surface area contributed by atoms with Crippen molar-refractivity contribution in [3.8, 4) is 5.75 Å². The summed E-state index contributed by atoms with van der Waals surface area (Å²) >= 11 is 0. The Labute approximate surface area is 188 Å². The molecule has 2 N–H and O–H groups in total. The fraction of sp³-hybridized carbons (Fsp3) is 0.682. The number of ether oxygens (including phenoxy) is 2. The molecule has 160 valence electrons. The summed E-state index contributed by atoms with van der Waals surface area (Å²) in [5.41, 5.74) is 1.46. The largest absolute Gasteiger partial charge is 0.497 e. The van der Waals surface area contributed by atoms with Gasteiger partial charge in [-0.3, -0.25) is 4.99 Å². The van der Waals surface area contributed by atoms with Gasteiger partial charge < -0.3 is 20.1 Å². The second-order valence-corrected chi connectivity index (χ2v) is 8.39. The van der Waals surface area contributed by atoms with Crippen LogP contribution < -0.4 is 15.4 Å². The van der Waals surface area contributed by atoms with E-state index in [1.165, 1.54) is 12.0 Å². The Hall–Kier alpha value is -1.02. The number of benzene rings is 1. The molecule has 5 nitrogen and oxygen atoms in total. The van der Waals surface area contributed by atoms with Crippen molar-refractivity contribution < 1.29 is 9.47 Å². The number of aliphatic imine (C=N–C) groups is 1. The molecule has 1 aliphatic heterocycles. The quantitative estimate of drug-likeness (QED) is 0.253. The third kappa shape index (κ3) is 8.15. The summed E-state index contributed by atoms with van der Waals surface area (Å²) in [6.07, 6.45) is 4.71. The molecule has 0 spiro atoms. The predicted octanol–water partition coefficient (Wildman–Crippen LogP) is 4.25. The molecule has 1 aromatic rings. The number of guanidine groups is 1. The lowest BCUT2D eigenvalue weighted by Crippen LogP contribution is -2.47. The number of nitrogens with one attached hydrogen (secondary N) is 2. The number of halogens is 1. The molecular weight excluding hydrogens is 465 g/mol. The Morgan fingerprint density at radius 3 is 2.75 bits per heavy atom. The third-order valence-electron chi connectivity index (χ3n) is 5.12. The Morgan fingerprint density at radius 1 is 1.29 bits per heavy atom. The van der Waals surface area contributed by atoms with Crippen LogP contribution in [0.1, 0.15) is 45.6 Å². The van der Waals surface area contributed by atoms with E-state index in [2.05, 4.69) is 48.5 Å². The van der Waals surface area contributed by atoms with Crippen LogP contribution in [0.25, 0.3) is 0 Å². The van der Waals surface area contributed by atoms with Crippen LogP contribution in [0.2, 0.25) is 0 Å². The van der Waals surface area contributed by atoms with E-state index in [0.29, 0.717) is 12.0 Å². The van der Waals surface area contributed by atoms with Crippen LogP contribution in [0.4, 0.5) is 0 Å². The first kappa shape index (κ1) is 25.0. The molecule has 2 rings (SSSR count). The van der Waals surface area contributed by atoms with Crippen molar-refractivity contribution in [3.63, 3.8) is 0 Å². The van der Waals surface area contributed by atoms with Crippen LogP contribution in [0.15, 0.2) is 29.3 Å². The zero-order valence-electron chi connectivity index (χ0n) is 18.1. The van der Waals surface area contributed by atoms with Gasteiger partial charge in [-0.05, 0) is 48.8 Å². The van der Waals surface area contributed by atoms with Crippen molar-refractivity contribution in [3.05, 3.63) is 29.8 Å². The molecule has 6 heteroatoms. The molecule has 1 aromatic carbocycles. The highest BCUT2D eigenvalue weighted by Crippen LogP contribution is 2.33. The number of hydrogen-bond donors (Lipinski definition) is 2. The highest BCUT2D eigenvalue weighted by Gasteiger charge is 2.35. The maximum absolute atomic E-state index is 6.08. The first-order valence-electron chi connectivity index (χ1n) is 10.1. The van der Waals surface area contributed by atoms with Crippen LogP contribution in [0.3, 0.4) is 0 Å². The molecule has 0 amide bonds. The molecule has 0 radical (unpaired) electrons.